The van der Waals surface area contributed by atoms with Crippen LogP contribution in [0.3, 0.4) is 0 Å². The predicted octanol–water partition coefficient (Wildman–Crippen LogP) is 4.80. The fourth-order valence-electron chi connectivity index (χ4n) is 1.58. The van der Waals surface area contributed by atoms with E-state index in [0.29, 0.717) is 0 Å². The van der Waals surface area contributed by atoms with Crippen LogP contribution in [0.4, 0.5) is 5.69 Å². The molecule has 0 bridgehead atoms. The SMILES string of the molecule is CCCOc1ccccc1NCc1cc(Cl)cs1. The van der Waals surface area contributed by atoms with Crippen LogP contribution < -0.4 is 10.1 Å². The molecule has 2 nitrogen and oxygen atoms in total. The summed E-state index contributed by atoms with van der Waals surface area (Å²) < 4.78 is 5.69. The van der Waals surface area contributed by atoms with Crippen LogP contribution >= 0.6 is 22.9 Å². The number of benzene rings is 1. The summed E-state index contributed by atoms with van der Waals surface area (Å²) in [6.45, 7) is 3.61. The van der Waals surface area contributed by atoms with Gasteiger partial charge in [0.15, 0.2) is 0 Å². The van der Waals surface area contributed by atoms with Crippen molar-refractivity contribution in [3.8, 4) is 5.75 Å². The predicted molar refractivity (Wildman–Crippen MR) is 78.9 cm³/mol. The van der Waals surface area contributed by atoms with E-state index in [2.05, 4.69) is 12.2 Å². The van der Waals surface area contributed by atoms with Crippen molar-refractivity contribution < 1.29 is 4.74 Å². The highest BCUT2D eigenvalue weighted by Gasteiger charge is 2.03. The quantitative estimate of drug-likeness (QED) is 0.821. The lowest BCUT2D eigenvalue weighted by Gasteiger charge is -2.12. The second-order valence-corrected chi connectivity index (χ2v) is 5.36. The van der Waals surface area contributed by atoms with Gasteiger partial charge < -0.3 is 10.1 Å². The highest BCUT2D eigenvalue weighted by molar-refractivity contribution is 7.10. The fourth-order valence-corrected chi connectivity index (χ4v) is 2.59. The Morgan fingerprint density at radius 2 is 2.17 bits per heavy atom. The Kier molecular flexibility index (Phi) is 4.90. The average molecular weight is 282 g/mol. The highest BCUT2D eigenvalue weighted by atomic mass is 35.5. The Labute approximate surface area is 117 Å². The Balaban J connectivity index is 1.99. The van der Waals surface area contributed by atoms with E-state index in [4.69, 9.17) is 16.3 Å². The summed E-state index contributed by atoms with van der Waals surface area (Å²) in [6.07, 6.45) is 1.01. The molecule has 4 heteroatoms. The number of hydrogen-bond acceptors (Lipinski definition) is 3. The van der Waals surface area contributed by atoms with Crippen molar-refractivity contribution in [3.05, 3.63) is 45.6 Å². The van der Waals surface area contributed by atoms with Gasteiger partial charge in [0.2, 0.25) is 0 Å². The molecule has 0 aliphatic rings. The van der Waals surface area contributed by atoms with E-state index in [1.165, 1.54) is 4.88 Å². The van der Waals surface area contributed by atoms with Crippen LogP contribution in [-0.4, -0.2) is 6.61 Å². The van der Waals surface area contributed by atoms with E-state index in [0.717, 1.165) is 36.0 Å². The van der Waals surface area contributed by atoms with Crippen molar-refractivity contribution in [1.29, 1.82) is 0 Å². The lowest BCUT2D eigenvalue weighted by atomic mass is 10.3. The Morgan fingerprint density at radius 3 is 2.89 bits per heavy atom. The molecule has 96 valence electrons. The monoisotopic (exact) mass is 281 g/mol. The van der Waals surface area contributed by atoms with Gasteiger partial charge in [-0.2, -0.15) is 0 Å². The van der Waals surface area contributed by atoms with Crippen molar-refractivity contribution in [3.63, 3.8) is 0 Å². The minimum Gasteiger partial charge on any atom is -0.491 e. The first kappa shape index (κ1) is 13.2. The van der Waals surface area contributed by atoms with E-state index in [1.54, 1.807) is 11.3 Å². The van der Waals surface area contributed by atoms with Gasteiger partial charge in [0, 0.05) is 16.8 Å². The van der Waals surface area contributed by atoms with E-state index in [-0.39, 0.29) is 0 Å². The lowest BCUT2D eigenvalue weighted by molar-refractivity contribution is 0.319. The van der Waals surface area contributed by atoms with Gasteiger partial charge in [-0.15, -0.1) is 11.3 Å². The van der Waals surface area contributed by atoms with E-state index in [9.17, 15) is 0 Å². The summed E-state index contributed by atoms with van der Waals surface area (Å²) >= 11 is 7.56. The third-order valence-electron chi connectivity index (χ3n) is 2.42. The van der Waals surface area contributed by atoms with E-state index >= 15 is 0 Å². The van der Waals surface area contributed by atoms with Crippen LogP contribution in [0.25, 0.3) is 0 Å². The van der Waals surface area contributed by atoms with Crippen molar-refractivity contribution >= 4 is 28.6 Å². The molecular weight excluding hydrogens is 266 g/mol. The first-order valence-electron chi connectivity index (χ1n) is 5.98. The van der Waals surface area contributed by atoms with Gasteiger partial charge in [-0.05, 0) is 24.6 Å². The zero-order valence-electron chi connectivity index (χ0n) is 10.3. The van der Waals surface area contributed by atoms with Gasteiger partial charge in [-0.3, -0.25) is 0 Å². The van der Waals surface area contributed by atoms with Gasteiger partial charge in [0.25, 0.3) is 0 Å². The summed E-state index contributed by atoms with van der Waals surface area (Å²) in [4.78, 5) is 1.21. The molecule has 0 saturated heterocycles. The second-order valence-electron chi connectivity index (χ2n) is 3.93. The molecule has 0 aliphatic heterocycles. The molecule has 0 aliphatic carbocycles. The first-order valence-corrected chi connectivity index (χ1v) is 7.24. The summed E-state index contributed by atoms with van der Waals surface area (Å²) in [5.41, 5.74) is 1.02. The van der Waals surface area contributed by atoms with Gasteiger partial charge in [0.1, 0.15) is 5.75 Å². The number of anilines is 1. The normalized spacial score (nSPS) is 10.3. The molecule has 0 atom stereocenters. The Bertz CT molecular complexity index is 498. The molecule has 18 heavy (non-hydrogen) atoms. The molecule has 0 radical (unpaired) electrons. The Morgan fingerprint density at radius 1 is 1.33 bits per heavy atom. The van der Waals surface area contributed by atoms with Crippen molar-refractivity contribution in [1.82, 2.24) is 0 Å². The summed E-state index contributed by atoms with van der Waals surface area (Å²) in [5.74, 6) is 0.905. The maximum atomic E-state index is 5.90. The zero-order valence-corrected chi connectivity index (χ0v) is 11.9. The van der Waals surface area contributed by atoms with Crippen molar-refractivity contribution in [2.45, 2.75) is 19.9 Å². The second kappa shape index (κ2) is 6.66. The first-order chi connectivity index (χ1) is 8.79. The molecule has 1 N–H and O–H groups in total. The van der Waals surface area contributed by atoms with Crippen molar-refractivity contribution in [2.24, 2.45) is 0 Å². The average Bonchev–Trinajstić information content (AvgIpc) is 2.81. The van der Waals surface area contributed by atoms with Gasteiger partial charge in [0.05, 0.1) is 17.3 Å². The standard InChI is InChI=1S/C14H16ClNOS/c1-2-7-17-14-6-4-3-5-13(14)16-9-12-8-11(15)10-18-12/h3-6,8,10,16H,2,7,9H2,1H3. The smallest absolute Gasteiger partial charge is 0.142 e. The van der Waals surface area contributed by atoms with Crippen LogP contribution in [0.15, 0.2) is 35.7 Å². The lowest BCUT2D eigenvalue weighted by Crippen LogP contribution is -2.02. The molecule has 0 unspecified atom stereocenters. The van der Waals surface area contributed by atoms with Gasteiger partial charge in [-0.25, -0.2) is 0 Å². The molecule has 0 amide bonds. The molecule has 1 heterocycles. The van der Waals surface area contributed by atoms with Crippen LogP contribution in [0.5, 0.6) is 5.75 Å². The highest BCUT2D eigenvalue weighted by Crippen LogP contribution is 2.26. The maximum Gasteiger partial charge on any atom is 0.142 e. The molecule has 0 fully saturated rings. The number of ether oxygens (including phenoxy) is 1. The summed E-state index contributed by atoms with van der Waals surface area (Å²) in [6, 6.07) is 9.98. The minimum atomic E-state index is 0.740. The zero-order chi connectivity index (χ0) is 12.8. The molecule has 1 aromatic carbocycles. The van der Waals surface area contributed by atoms with Crippen LogP contribution in [-0.2, 0) is 6.54 Å². The fraction of sp³-hybridized carbons (Fsp3) is 0.286. The van der Waals surface area contributed by atoms with Crippen LogP contribution in [0.2, 0.25) is 5.02 Å². The topological polar surface area (TPSA) is 21.3 Å². The molecule has 1 aromatic heterocycles. The summed E-state index contributed by atoms with van der Waals surface area (Å²) in [5, 5.41) is 6.12. The molecule has 2 aromatic rings. The number of nitrogens with one attached hydrogen (secondary N) is 1. The molecule has 0 saturated carbocycles. The van der Waals surface area contributed by atoms with Crippen LogP contribution in [0.1, 0.15) is 18.2 Å². The maximum absolute atomic E-state index is 5.90. The van der Waals surface area contributed by atoms with Gasteiger partial charge >= 0.3 is 0 Å². The number of thiophene rings is 1. The minimum absolute atomic E-state index is 0.740. The van der Waals surface area contributed by atoms with Crippen LogP contribution in [0, 0.1) is 0 Å². The number of para-hydroxylation sites is 2. The third kappa shape index (κ3) is 3.65. The third-order valence-corrected chi connectivity index (χ3v) is 3.71. The molecular formula is C14H16ClNOS. The largest absolute Gasteiger partial charge is 0.491 e. The summed E-state index contributed by atoms with van der Waals surface area (Å²) in [7, 11) is 0. The number of hydrogen-bond donors (Lipinski definition) is 1. The molecule has 2 rings (SSSR count). The van der Waals surface area contributed by atoms with E-state index in [1.807, 2.05) is 35.7 Å². The van der Waals surface area contributed by atoms with Gasteiger partial charge in [-0.1, -0.05) is 30.7 Å². The Hall–Kier alpha value is -1.19. The van der Waals surface area contributed by atoms with E-state index < -0.39 is 0 Å². The number of rotatable bonds is 6. The molecule has 0 spiro atoms. The number of halogens is 1. The van der Waals surface area contributed by atoms with Crippen molar-refractivity contribution in [2.75, 3.05) is 11.9 Å².